The van der Waals surface area contributed by atoms with Gasteiger partial charge in [-0.2, -0.15) is 0 Å². The fourth-order valence-electron chi connectivity index (χ4n) is 4.66. The van der Waals surface area contributed by atoms with Crippen molar-refractivity contribution in [3.8, 4) is 0 Å². The van der Waals surface area contributed by atoms with Gasteiger partial charge >= 0.3 is 6.09 Å². The lowest BCUT2D eigenvalue weighted by Gasteiger charge is -2.39. The van der Waals surface area contributed by atoms with Crippen LogP contribution >= 0.6 is 11.6 Å². The Morgan fingerprint density at radius 3 is 2.89 bits per heavy atom. The molecule has 0 N–H and O–H groups in total. The van der Waals surface area contributed by atoms with E-state index in [0.29, 0.717) is 24.4 Å². The number of pyridine rings is 1. The summed E-state index contributed by atoms with van der Waals surface area (Å²) in [7, 11) is 0. The number of nitrogens with zero attached hydrogens (tertiary/aromatic N) is 2. The van der Waals surface area contributed by atoms with Gasteiger partial charge in [0.1, 0.15) is 0 Å². The van der Waals surface area contributed by atoms with Gasteiger partial charge in [0.05, 0.1) is 12.3 Å². The van der Waals surface area contributed by atoms with Gasteiger partial charge in [0.25, 0.3) is 0 Å². The van der Waals surface area contributed by atoms with Crippen LogP contribution in [0.2, 0.25) is 0 Å². The fraction of sp³-hybridized carbons (Fsp3) is 0.455. The summed E-state index contributed by atoms with van der Waals surface area (Å²) in [6, 6.07) is 4.14. The minimum Gasteiger partial charge on any atom is -0.450 e. The number of rotatable bonds is 2. The molecule has 0 bridgehead atoms. The third-order valence-electron chi connectivity index (χ3n) is 5.95. The molecule has 142 valence electrons. The van der Waals surface area contributed by atoms with Crippen LogP contribution in [0.4, 0.5) is 4.79 Å². The lowest BCUT2D eigenvalue weighted by molar-refractivity contribution is 0.0856. The normalized spacial score (nSPS) is 27.4. The van der Waals surface area contributed by atoms with Crippen molar-refractivity contribution in [1.82, 2.24) is 9.88 Å². The molecule has 1 fully saturated rings. The number of halogens is 1. The predicted octanol–water partition coefficient (Wildman–Crippen LogP) is 4.99. The van der Waals surface area contributed by atoms with Crippen LogP contribution in [-0.2, 0) is 4.74 Å². The molecule has 1 aromatic heterocycles. The highest BCUT2D eigenvalue weighted by Crippen LogP contribution is 2.46. The minimum atomic E-state index is -0.192. The Balaban J connectivity index is 1.61. The first-order chi connectivity index (χ1) is 13.2. The highest BCUT2D eigenvalue weighted by molar-refractivity contribution is 6.31. The summed E-state index contributed by atoms with van der Waals surface area (Å²) in [5, 5.41) is 0.802. The molecule has 3 aliphatic rings. The van der Waals surface area contributed by atoms with E-state index in [-0.39, 0.29) is 12.0 Å². The molecule has 0 saturated carbocycles. The average molecular weight is 385 g/mol. The molecule has 4 nitrogen and oxygen atoms in total. The van der Waals surface area contributed by atoms with Crippen LogP contribution in [-0.4, -0.2) is 35.7 Å². The predicted molar refractivity (Wildman–Crippen MR) is 107 cm³/mol. The number of carbonyl (C=O) groups is 1. The second-order valence-corrected chi connectivity index (χ2v) is 7.89. The van der Waals surface area contributed by atoms with Gasteiger partial charge in [-0.1, -0.05) is 42.0 Å². The van der Waals surface area contributed by atoms with E-state index in [1.54, 1.807) is 0 Å². The summed E-state index contributed by atoms with van der Waals surface area (Å²) in [5.74, 6) is 1.43. The second-order valence-electron chi connectivity index (χ2n) is 7.45. The highest BCUT2D eigenvalue weighted by atomic mass is 35.5. The number of hydrogen-bond donors (Lipinski definition) is 0. The molecule has 2 heterocycles. The molecule has 1 aromatic rings. The van der Waals surface area contributed by atoms with Crippen molar-refractivity contribution in [3.63, 3.8) is 0 Å². The maximum Gasteiger partial charge on any atom is 0.409 e. The van der Waals surface area contributed by atoms with Crippen LogP contribution in [0.3, 0.4) is 0 Å². The van der Waals surface area contributed by atoms with Gasteiger partial charge in [-0.25, -0.2) is 4.79 Å². The zero-order valence-electron chi connectivity index (χ0n) is 15.6. The molecule has 3 atom stereocenters. The number of amides is 1. The molecule has 1 amide bonds. The number of carbonyl (C=O) groups excluding carboxylic acids is 1. The Bertz CT molecular complexity index is 793. The van der Waals surface area contributed by atoms with Gasteiger partial charge in [0, 0.05) is 36.2 Å². The van der Waals surface area contributed by atoms with E-state index in [1.165, 1.54) is 11.3 Å². The van der Waals surface area contributed by atoms with Crippen LogP contribution in [0.15, 0.2) is 47.7 Å². The Labute approximate surface area is 165 Å². The van der Waals surface area contributed by atoms with Gasteiger partial charge in [-0.05, 0) is 49.3 Å². The van der Waals surface area contributed by atoms with Crippen molar-refractivity contribution in [2.75, 3.05) is 19.7 Å². The Hall–Kier alpha value is -2.07. The van der Waals surface area contributed by atoms with E-state index >= 15 is 0 Å². The number of piperidine rings is 1. The first kappa shape index (κ1) is 18.3. The number of ether oxygens (including phenoxy) is 1. The summed E-state index contributed by atoms with van der Waals surface area (Å²) >= 11 is 6.28. The van der Waals surface area contributed by atoms with E-state index in [2.05, 4.69) is 30.4 Å². The lowest BCUT2D eigenvalue weighted by atomic mass is 9.69. The Morgan fingerprint density at radius 1 is 1.30 bits per heavy atom. The molecule has 0 aromatic carbocycles. The van der Waals surface area contributed by atoms with Gasteiger partial charge < -0.3 is 9.64 Å². The van der Waals surface area contributed by atoms with Crippen LogP contribution < -0.4 is 0 Å². The first-order valence-corrected chi connectivity index (χ1v) is 10.2. The van der Waals surface area contributed by atoms with E-state index in [9.17, 15) is 4.79 Å². The summed E-state index contributed by atoms with van der Waals surface area (Å²) < 4.78 is 5.17. The van der Waals surface area contributed by atoms with E-state index in [1.807, 2.05) is 30.2 Å². The van der Waals surface area contributed by atoms with Gasteiger partial charge in [0.15, 0.2) is 0 Å². The molecular weight excluding hydrogens is 360 g/mol. The number of allylic oxidation sites excluding steroid dienone is 5. The van der Waals surface area contributed by atoms with Crippen molar-refractivity contribution in [2.24, 2.45) is 17.8 Å². The fourth-order valence-corrected chi connectivity index (χ4v) is 4.88. The summed E-state index contributed by atoms with van der Waals surface area (Å²) in [6.07, 6.45) is 14.5. The van der Waals surface area contributed by atoms with E-state index in [0.717, 1.165) is 31.0 Å². The summed E-state index contributed by atoms with van der Waals surface area (Å²) in [6.45, 7) is 3.76. The van der Waals surface area contributed by atoms with Crippen LogP contribution in [0.5, 0.6) is 0 Å². The lowest BCUT2D eigenvalue weighted by Crippen LogP contribution is -2.41. The maximum atomic E-state index is 12.0. The molecule has 3 unspecified atom stereocenters. The van der Waals surface area contributed by atoms with Gasteiger partial charge in [-0.3, -0.25) is 4.98 Å². The summed E-state index contributed by atoms with van der Waals surface area (Å²) in [5.41, 5.74) is 2.37. The second kappa shape index (κ2) is 7.89. The molecule has 1 aliphatic heterocycles. The SMILES string of the molecule is CCOC(=O)N1CCC(C2c3ncccc3C=CC3C=C(Cl)C=CC32)CC1. The van der Waals surface area contributed by atoms with Crippen molar-refractivity contribution in [2.45, 2.75) is 25.7 Å². The monoisotopic (exact) mass is 384 g/mol. The van der Waals surface area contributed by atoms with Gasteiger partial charge in [-0.15, -0.1) is 0 Å². The number of likely N-dealkylation sites (tertiary alicyclic amines) is 1. The Morgan fingerprint density at radius 2 is 2.11 bits per heavy atom. The standard InChI is InChI=1S/C22H25ClN2O2/c1-2-27-22(26)25-12-9-15(10-13-25)20-19-8-7-18(23)14-17(19)6-5-16-4-3-11-24-21(16)20/h3-8,11,14-15,17,19-20H,2,9-10,12-13H2,1H3. The maximum absolute atomic E-state index is 12.0. The van der Waals surface area contributed by atoms with Crippen molar-refractivity contribution < 1.29 is 9.53 Å². The van der Waals surface area contributed by atoms with Crippen LogP contribution in [0.1, 0.15) is 36.9 Å². The molecule has 2 aliphatic carbocycles. The third kappa shape index (κ3) is 3.68. The van der Waals surface area contributed by atoms with Crippen molar-refractivity contribution in [3.05, 3.63) is 58.9 Å². The van der Waals surface area contributed by atoms with Crippen molar-refractivity contribution in [1.29, 1.82) is 0 Å². The first-order valence-electron chi connectivity index (χ1n) is 9.77. The van der Waals surface area contributed by atoms with Crippen molar-refractivity contribution >= 4 is 23.8 Å². The number of aromatic nitrogens is 1. The molecule has 27 heavy (non-hydrogen) atoms. The Kier molecular flexibility index (Phi) is 5.35. The number of hydrogen-bond acceptors (Lipinski definition) is 3. The largest absolute Gasteiger partial charge is 0.450 e. The molecule has 0 radical (unpaired) electrons. The molecule has 0 spiro atoms. The zero-order chi connectivity index (χ0) is 18.8. The summed E-state index contributed by atoms with van der Waals surface area (Å²) in [4.78, 5) is 18.7. The highest BCUT2D eigenvalue weighted by Gasteiger charge is 2.39. The topological polar surface area (TPSA) is 42.4 Å². The average Bonchev–Trinajstić information content (AvgIpc) is 2.85. The van der Waals surface area contributed by atoms with Crippen LogP contribution in [0.25, 0.3) is 6.08 Å². The third-order valence-corrected chi connectivity index (χ3v) is 6.20. The number of fused-ring (bicyclic) bond motifs is 2. The molecule has 4 rings (SSSR count). The molecule has 5 heteroatoms. The van der Waals surface area contributed by atoms with E-state index in [4.69, 9.17) is 21.3 Å². The van der Waals surface area contributed by atoms with E-state index < -0.39 is 0 Å². The molecule has 1 saturated heterocycles. The minimum absolute atomic E-state index is 0.192. The quantitative estimate of drug-likeness (QED) is 0.721. The zero-order valence-corrected chi connectivity index (χ0v) is 16.3. The molecular formula is C22H25ClN2O2. The smallest absolute Gasteiger partial charge is 0.409 e. The van der Waals surface area contributed by atoms with Gasteiger partial charge in [0.2, 0.25) is 0 Å². The van der Waals surface area contributed by atoms with Crippen LogP contribution in [0, 0.1) is 17.8 Å².